The molecule has 1 saturated heterocycles. The Morgan fingerprint density at radius 3 is 2.48 bits per heavy atom. The van der Waals surface area contributed by atoms with Crippen LogP contribution in [0.4, 0.5) is 0 Å². The minimum atomic E-state index is -0.882. The summed E-state index contributed by atoms with van der Waals surface area (Å²) in [6.07, 6.45) is 2.10. The predicted molar refractivity (Wildman–Crippen MR) is 91.6 cm³/mol. The van der Waals surface area contributed by atoms with Gasteiger partial charge in [-0.2, -0.15) is 0 Å². The lowest BCUT2D eigenvalue weighted by molar-refractivity contribution is -0.140. The number of hydrogen-bond donors (Lipinski definition) is 2. The van der Waals surface area contributed by atoms with Gasteiger partial charge in [-0.1, -0.05) is 12.1 Å². The Morgan fingerprint density at radius 2 is 1.92 bits per heavy atom. The molecule has 1 aliphatic heterocycles. The van der Waals surface area contributed by atoms with Crippen molar-refractivity contribution in [3.8, 4) is 5.75 Å². The van der Waals surface area contributed by atoms with Crippen LogP contribution in [0.5, 0.6) is 5.75 Å². The zero-order valence-electron chi connectivity index (χ0n) is 14.5. The monoisotopic (exact) mass is 347 g/mol. The molecule has 25 heavy (non-hydrogen) atoms. The quantitative estimate of drug-likeness (QED) is 0.788. The molecule has 0 spiro atoms. The first-order chi connectivity index (χ1) is 12.1. The molecule has 2 N–H and O–H groups in total. The molecule has 0 unspecified atom stereocenters. The van der Waals surface area contributed by atoms with E-state index < -0.39 is 11.9 Å². The van der Waals surface area contributed by atoms with Crippen LogP contribution in [-0.2, 0) is 19.7 Å². The van der Waals surface area contributed by atoms with Gasteiger partial charge < -0.3 is 19.9 Å². The highest BCUT2D eigenvalue weighted by molar-refractivity contribution is 5.89. The molecule has 2 fully saturated rings. The van der Waals surface area contributed by atoms with Gasteiger partial charge in [0.2, 0.25) is 5.91 Å². The van der Waals surface area contributed by atoms with Crippen molar-refractivity contribution in [2.75, 3.05) is 26.4 Å². The van der Waals surface area contributed by atoms with Gasteiger partial charge in [-0.15, -0.1) is 0 Å². The van der Waals surface area contributed by atoms with Gasteiger partial charge in [0.15, 0.2) is 0 Å². The van der Waals surface area contributed by atoms with E-state index in [1.165, 1.54) is 0 Å². The first-order valence-electron chi connectivity index (χ1n) is 8.87. The van der Waals surface area contributed by atoms with E-state index in [4.69, 9.17) is 14.6 Å². The molecule has 1 amide bonds. The Bertz CT molecular complexity index is 621. The molecule has 1 saturated carbocycles. The molecule has 1 heterocycles. The van der Waals surface area contributed by atoms with Crippen molar-refractivity contribution in [3.63, 3.8) is 0 Å². The third kappa shape index (κ3) is 3.95. The van der Waals surface area contributed by atoms with Gasteiger partial charge in [-0.05, 0) is 43.9 Å². The number of carboxylic acids is 1. The second kappa shape index (κ2) is 7.44. The highest BCUT2D eigenvalue weighted by atomic mass is 16.5. The Labute approximate surface area is 147 Å². The summed E-state index contributed by atoms with van der Waals surface area (Å²) in [5.74, 6) is -1.10. The molecule has 2 atom stereocenters. The largest absolute Gasteiger partial charge is 0.494 e. The van der Waals surface area contributed by atoms with E-state index >= 15 is 0 Å². The standard InChI is InChI=1S/C19H25NO5/c1-2-25-14-5-3-13(4-6-14)19(7-9-24-10-8-19)12-20-17(21)15-11-16(15)18(22)23/h3-6,15-16H,2,7-12H2,1H3,(H,20,21)(H,22,23)/t15-,16-/m1/s1. The van der Waals surface area contributed by atoms with Crippen molar-refractivity contribution in [2.45, 2.75) is 31.6 Å². The van der Waals surface area contributed by atoms with Crippen molar-refractivity contribution in [1.29, 1.82) is 0 Å². The SMILES string of the molecule is CCOc1ccc(C2(CNC(=O)[C@@H]3C[C@H]3C(=O)O)CCOCC2)cc1. The molecule has 0 radical (unpaired) electrons. The summed E-state index contributed by atoms with van der Waals surface area (Å²) in [5.41, 5.74) is 0.983. The van der Waals surface area contributed by atoms with Crippen LogP contribution in [0.3, 0.4) is 0 Å². The molecule has 2 aliphatic rings. The lowest BCUT2D eigenvalue weighted by atomic mass is 9.74. The summed E-state index contributed by atoms with van der Waals surface area (Å²) in [5, 5.41) is 12.0. The second-order valence-electron chi connectivity index (χ2n) is 6.85. The number of nitrogens with one attached hydrogen (secondary N) is 1. The third-order valence-electron chi connectivity index (χ3n) is 5.27. The van der Waals surface area contributed by atoms with Gasteiger partial charge in [-0.3, -0.25) is 9.59 Å². The number of carbonyl (C=O) groups is 2. The van der Waals surface area contributed by atoms with Gasteiger partial charge in [0.25, 0.3) is 0 Å². The van der Waals surface area contributed by atoms with Crippen LogP contribution in [0.25, 0.3) is 0 Å². The molecule has 1 aromatic rings. The number of amides is 1. The van der Waals surface area contributed by atoms with E-state index in [0.717, 1.165) is 24.2 Å². The molecule has 0 aromatic heterocycles. The maximum Gasteiger partial charge on any atom is 0.307 e. The van der Waals surface area contributed by atoms with Crippen LogP contribution in [0.1, 0.15) is 31.7 Å². The molecular formula is C19H25NO5. The minimum Gasteiger partial charge on any atom is -0.494 e. The fraction of sp³-hybridized carbons (Fsp3) is 0.579. The molecule has 6 nitrogen and oxygen atoms in total. The number of carboxylic acid groups (broad SMARTS) is 1. The third-order valence-corrected chi connectivity index (χ3v) is 5.27. The van der Waals surface area contributed by atoms with Crippen LogP contribution in [0.15, 0.2) is 24.3 Å². The topological polar surface area (TPSA) is 84.9 Å². The molecule has 3 rings (SSSR count). The van der Waals surface area contributed by atoms with Gasteiger partial charge in [0, 0.05) is 25.2 Å². The zero-order valence-corrected chi connectivity index (χ0v) is 14.5. The molecule has 1 aromatic carbocycles. The van der Waals surface area contributed by atoms with E-state index in [9.17, 15) is 9.59 Å². The lowest BCUT2D eigenvalue weighted by Gasteiger charge is -2.38. The van der Waals surface area contributed by atoms with Crippen LogP contribution in [0, 0.1) is 11.8 Å². The number of aliphatic carboxylic acids is 1. The molecule has 6 heteroatoms. The lowest BCUT2D eigenvalue weighted by Crippen LogP contribution is -2.45. The minimum absolute atomic E-state index is 0.149. The molecule has 0 bridgehead atoms. The Kier molecular flexibility index (Phi) is 5.27. The van der Waals surface area contributed by atoms with Crippen molar-refractivity contribution in [1.82, 2.24) is 5.32 Å². The first-order valence-corrected chi connectivity index (χ1v) is 8.87. The van der Waals surface area contributed by atoms with E-state index in [1.54, 1.807) is 0 Å². The highest BCUT2D eigenvalue weighted by Gasteiger charge is 2.48. The maximum atomic E-state index is 12.2. The molecule has 136 valence electrons. The van der Waals surface area contributed by atoms with Crippen LogP contribution in [-0.4, -0.2) is 43.3 Å². The number of benzene rings is 1. The van der Waals surface area contributed by atoms with Crippen LogP contribution >= 0.6 is 0 Å². The van der Waals surface area contributed by atoms with Crippen molar-refractivity contribution >= 4 is 11.9 Å². The zero-order chi connectivity index (χ0) is 17.9. The van der Waals surface area contributed by atoms with Gasteiger partial charge in [-0.25, -0.2) is 0 Å². The Morgan fingerprint density at radius 1 is 1.24 bits per heavy atom. The molecule has 1 aliphatic carbocycles. The Hall–Kier alpha value is -2.08. The highest BCUT2D eigenvalue weighted by Crippen LogP contribution is 2.40. The van der Waals surface area contributed by atoms with E-state index in [2.05, 4.69) is 17.4 Å². The average molecular weight is 347 g/mol. The van der Waals surface area contributed by atoms with Gasteiger partial charge in [0.1, 0.15) is 5.75 Å². The van der Waals surface area contributed by atoms with Crippen molar-refractivity contribution in [3.05, 3.63) is 29.8 Å². The van der Waals surface area contributed by atoms with Crippen LogP contribution in [0.2, 0.25) is 0 Å². The van der Waals surface area contributed by atoms with E-state index in [1.807, 2.05) is 19.1 Å². The van der Waals surface area contributed by atoms with Gasteiger partial charge in [0.05, 0.1) is 18.4 Å². The average Bonchev–Trinajstić information content (AvgIpc) is 3.43. The number of hydrogen-bond acceptors (Lipinski definition) is 4. The maximum absolute atomic E-state index is 12.2. The van der Waals surface area contributed by atoms with Crippen molar-refractivity contribution in [2.24, 2.45) is 11.8 Å². The second-order valence-corrected chi connectivity index (χ2v) is 6.85. The summed E-state index contributed by atoms with van der Waals surface area (Å²) in [6, 6.07) is 8.03. The van der Waals surface area contributed by atoms with Gasteiger partial charge >= 0.3 is 5.97 Å². The summed E-state index contributed by atoms with van der Waals surface area (Å²) >= 11 is 0. The smallest absolute Gasteiger partial charge is 0.307 e. The summed E-state index contributed by atoms with van der Waals surface area (Å²) in [6.45, 7) is 4.40. The van der Waals surface area contributed by atoms with Crippen molar-refractivity contribution < 1.29 is 24.2 Å². The summed E-state index contributed by atoms with van der Waals surface area (Å²) < 4.78 is 11.0. The summed E-state index contributed by atoms with van der Waals surface area (Å²) in [4.78, 5) is 23.2. The van der Waals surface area contributed by atoms with E-state index in [-0.39, 0.29) is 17.2 Å². The normalized spacial score (nSPS) is 24.4. The Balaban J connectivity index is 1.68. The molecular weight excluding hydrogens is 322 g/mol. The fourth-order valence-corrected chi connectivity index (χ4v) is 3.55. The fourth-order valence-electron chi connectivity index (χ4n) is 3.55. The summed E-state index contributed by atoms with van der Waals surface area (Å²) in [7, 11) is 0. The number of rotatable bonds is 7. The first kappa shape index (κ1) is 17.7. The van der Waals surface area contributed by atoms with Crippen LogP contribution < -0.4 is 10.1 Å². The number of ether oxygens (including phenoxy) is 2. The number of carbonyl (C=O) groups excluding carboxylic acids is 1. The van der Waals surface area contributed by atoms with E-state index in [0.29, 0.717) is 32.8 Å². The predicted octanol–water partition coefficient (Wildman–Crippen LogP) is 1.97.